The minimum atomic E-state index is -1.39. The van der Waals surface area contributed by atoms with Crippen molar-refractivity contribution in [2.75, 3.05) is 0 Å². The van der Waals surface area contributed by atoms with Gasteiger partial charge in [0.2, 0.25) is 0 Å². The molecule has 0 aliphatic rings. The molecule has 0 unspecified atom stereocenters. The van der Waals surface area contributed by atoms with Gasteiger partial charge in [-0.15, -0.1) is 0 Å². The first-order valence-corrected chi connectivity index (χ1v) is 9.36. The zero-order chi connectivity index (χ0) is 18.2. The molecule has 0 aliphatic heterocycles. The van der Waals surface area contributed by atoms with Gasteiger partial charge >= 0.3 is 11.9 Å². The van der Waals surface area contributed by atoms with Crippen molar-refractivity contribution >= 4 is 11.9 Å². The van der Waals surface area contributed by atoms with Crippen molar-refractivity contribution in [3.63, 3.8) is 0 Å². The molecule has 0 heterocycles. The van der Waals surface area contributed by atoms with Crippen LogP contribution in [0.25, 0.3) is 0 Å². The molecular formula is C20H34O4. The van der Waals surface area contributed by atoms with E-state index in [1.54, 1.807) is 0 Å². The van der Waals surface area contributed by atoms with E-state index in [-0.39, 0.29) is 0 Å². The molecule has 0 aromatic carbocycles. The lowest BCUT2D eigenvalue weighted by molar-refractivity contribution is -0.140. The van der Waals surface area contributed by atoms with E-state index in [9.17, 15) is 9.59 Å². The van der Waals surface area contributed by atoms with Crippen molar-refractivity contribution in [2.45, 2.75) is 90.4 Å². The van der Waals surface area contributed by atoms with Gasteiger partial charge in [-0.3, -0.25) is 0 Å². The molecule has 0 saturated heterocycles. The van der Waals surface area contributed by atoms with Crippen LogP contribution < -0.4 is 0 Å². The normalized spacial score (nSPS) is 10.4. The Labute approximate surface area is 146 Å². The lowest BCUT2D eigenvalue weighted by atomic mass is 10.00. The molecule has 138 valence electrons. The Bertz CT molecular complexity index is 394. The van der Waals surface area contributed by atoms with E-state index in [0.717, 1.165) is 19.3 Å². The molecule has 4 heteroatoms. The van der Waals surface area contributed by atoms with Crippen LogP contribution in [0.1, 0.15) is 90.4 Å². The maximum Gasteiger partial charge on any atom is 0.343 e. The molecule has 0 rings (SSSR count). The lowest BCUT2D eigenvalue weighted by Gasteiger charge is -2.06. The maximum absolute atomic E-state index is 11.0. The summed E-state index contributed by atoms with van der Waals surface area (Å²) in [6.45, 7) is 5.77. The van der Waals surface area contributed by atoms with Gasteiger partial charge < -0.3 is 10.2 Å². The van der Waals surface area contributed by atoms with E-state index in [0.29, 0.717) is 12.0 Å². The summed E-state index contributed by atoms with van der Waals surface area (Å²) < 4.78 is 0. The van der Waals surface area contributed by atoms with E-state index in [1.165, 1.54) is 63.9 Å². The molecule has 0 spiro atoms. The highest BCUT2D eigenvalue weighted by Crippen LogP contribution is 2.17. The number of carboxylic acids is 2. The van der Waals surface area contributed by atoms with Crippen molar-refractivity contribution in [3.8, 4) is 0 Å². The summed E-state index contributed by atoms with van der Waals surface area (Å²) >= 11 is 0. The summed E-state index contributed by atoms with van der Waals surface area (Å²) in [5, 5.41) is 17.9. The predicted octanol–water partition coefficient (Wildman–Crippen LogP) is 5.73. The third-order valence-electron chi connectivity index (χ3n) is 4.29. The first-order valence-electron chi connectivity index (χ1n) is 9.36. The van der Waals surface area contributed by atoms with Gasteiger partial charge in [0.05, 0.1) is 0 Å². The third kappa shape index (κ3) is 11.0. The largest absolute Gasteiger partial charge is 0.477 e. The number of allylic oxidation sites excluding steroid dienone is 2. The van der Waals surface area contributed by atoms with Crippen LogP contribution in [0, 0.1) is 0 Å². The first-order chi connectivity index (χ1) is 11.5. The monoisotopic (exact) mass is 338 g/mol. The van der Waals surface area contributed by atoms with Gasteiger partial charge in [-0.25, -0.2) is 9.59 Å². The van der Waals surface area contributed by atoms with Gasteiger partial charge in [0.25, 0.3) is 0 Å². The van der Waals surface area contributed by atoms with Gasteiger partial charge in [0.1, 0.15) is 5.57 Å². The summed E-state index contributed by atoms with van der Waals surface area (Å²) in [6.07, 6.45) is 16.6. The Hall–Kier alpha value is -1.58. The van der Waals surface area contributed by atoms with E-state index < -0.39 is 17.5 Å². The number of rotatable bonds is 16. The minimum absolute atomic E-state index is 0.321. The molecule has 0 atom stereocenters. The zero-order valence-electron chi connectivity index (χ0n) is 15.2. The van der Waals surface area contributed by atoms with Crippen LogP contribution in [0.5, 0.6) is 0 Å². The summed E-state index contributed by atoms with van der Waals surface area (Å²) in [6, 6.07) is 0. The van der Waals surface area contributed by atoms with Gasteiger partial charge in [-0.2, -0.15) is 0 Å². The SMILES string of the molecule is C=CC(CCCCCCCCCCCCCC)=C(C(=O)O)C(=O)O. The molecule has 0 radical (unpaired) electrons. The predicted molar refractivity (Wildman–Crippen MR) is 98.2 cm³/mol. The number of hydrogen-bond donors (Lipinski definition) is 2. The minimum Gasteiger partial charge on any atom is -0.477 e. The molecular weight excluding hydrogens is 304 g/mol. The fraction of sp³-hybridized carbons (Fsp3) is 0.700. The summed E-state index contributed by atoms with van der Waals surface area (Å²) in [7, 11) is 0. The van der Waals surface area contributed by atoms with Crippen LogP contribution >= 0.6 is 0 Å². The highest BCUT2D eigenvalue weighted by Gasteiger charge is 2.19. The molecule has 24 heavy (non-hydrogen) atoms. The molecule has 2 N–H and O–H groups in total. The number of hydrogen-bond acceptors (Lipinski definition) is 2. The second-order valence-electron chi connectivity index (χ2n) is 6.35. The smallest absolute Gasteiger partial charge is 0.343 e. The summed E-state index contributed by atoms with van der Waals surface area (Å²) in [5.41, 5.74) is -0.227. The zero-order valence-corrected chi connectivity index (χ0v) is 15.2. The van der Waals surface area contributed by atoms with E-state index in [4.69, 9.17) is 10.2 Å². The van der Waals surface area contributed by atoms with Crippen LogP contribution in [-0.2, 0) is 9.59 Å². The fourth-order valence-electron chi connectivity index (χ4n) is 2.85. The van der Waals surface area contributed by atoms with E-state index in [2.05, 4.69) is 13.5 Å². The Morgan fingerprint density at radius 2 is 1.12 bits per heavy atom. The maximum atomic E-state index is 11.0. The highest BCUT2D eigenvalue weighted by atomic mass is 16.4. The van der Waals surface area contributed by atoms with Crippen LogP contribution in [0.15, 0.2) is 23.8 Å². The van der Waals surface area contributed by atoms with Crippen molar-refractivity contribution in [2.24, 2.45) is 0 Å². The third-order valence-corrected chi connectivity index (χ3v) is 4.29. The number of unbranched alkanes of at least 4 members (excludes halogenated alkanes) is 11. The fourth-order valence-corrected chi connectivity index (χ4v) is 2.85. The van der Waals surface area contributed by atoms with Gasteiger partial charge in [0, 0.05) is 0 Å². The first kappa shape index (κ1) is 22.4. The molecule has 4 nitrogen and oxygen atoms in total. The lowest BCUT2D eigenvalue weighted by Crippen LogP contribution is -2.13. The average molecular weight is 338 g/mol. The molecule has 0 bridgehead atoms. The second kappa shape index (κ2) is 15.0. The van der Waals surface area contributed by atoms with Crippen molar-refractivity contribution in [3.05, 3.63) is 23.8 Å². The standard InChI is InChI=1S/C20H34O4/c1-3-5-6-7-8-9-10-11-12-13-14-15-16-17(4-2)18(19(21)22)20(23)24/h4H,2-3,5-16H2,1H3,(H,21,22)(H,23,24). The van der Waals surface area contributed by atoms with Crippen LogP contribution in [0.4, 0.5) is 0 Å². The van der Waals surface area contributed by atoms with Crippen LogP contribution in [-0.4, -0.2) is 22.2 Å². The Balaban J connectivity index is 3.75. The molecule has 0 amide bonds. The second-order valence-corrected chi connectivity index (χ2v) is 6.35. The number of aliphatic carboxylic acids is 2. The van der Waals surface area contributed by atoms with Gasteiger partial charge in [0.15, 0.2) is 0 Å². The van der Waals surface area contributed by atoms with Gasteiger partial charge in [-0.05, 0) is 18.4 Å². The van der Waals surface area contributed by atoms with E-state index >= 15 is 0 Å². The molecule has 0 saturated carbocycles. The van der Waals surface area contributed by atoms with Crippen LogP contribution in [0.2, 0.25) is 0 Å². The summed E-state index contributed by atoms with van der Waals surface area (Å²) in [5.74, 6) is -2.78. The number of carboxylic acid groups (broad SMARTS) is 2. The van der Waals surface area contributed by atoms with Crippen molar-refractivity contribution < 1.29 is 19.8 Å². The average Bonchev–Trinajstić information content (AvgIpc) is 2.53. The number of carbonyl (C=O) groups is 2. The molecule has 0 fully saturated rings. The Morgan fingerprint density at radius 3 is 1.46 bits per heavy atom. The molecule has 0 aromatic rings. The Kier molecular flexibility index (Phi) is 14.0. The topological polar surface area (TPSA) is 74.6 Å². The highest BCUT2D eigenvalue weighted by molar-refractivity contribution is 6.13. The van der Waals surface area contributed by atoms with Crippen LogP contribution in [0.3, 0.4) is 0 Å². The van der Waals surface area contributed by atoms with Crippen molar-refractivity contribution in [1.82, 2.24) is 0 Å². The van der Waals surface area contributed by atoms with E-state index in [1.807, 2.05) is 0 Å². The van der Waals surface area contributed by atoms with Crippen molar-refractivity contribution in [1.29, 1.82) is 0 Å². The molecule has 0 aliphatic carbocycles. The quantitative estimate of drug-likeness (QED) is 0.124. The van der Waals surface area contributed by atoms with Gasteiger partial charge in [-0.1, -0.05) is 90.2 Å². The molecule has 0 aromatic heterocycles. The Morgan fingerprint density at radius 1 is 0.750 bits per heavy atom. The summed E-state index contributed by atoms with van der Waals surface area (Å²) in [4.78, 5) is 21.9.